The molecule has 0 aromatic heterocycles. The van der Waals surface area contributed by atoms with Gasteiger partial charge in [0.05, 0.1) is 24.8 Å². The first-order chi connectivity index (χ1) is 9.94. The van der Waals surface area contributed by atoms with Gasteiger partial charge in [-0.15, -0.1) is 12.4 Å². The minimum absolute atomic E-state index is 0. The van der Waals surface area contributed by atoms with Crippen molar-refractivity contribution in [3.63, 3.8) is 0 Å². The van der Waals surface area contributed by atoms with Crippen LogP contribution in [-0.2, 0) is 9.53 Å². The van der Waals surface area contributed by atoms with E-state index in [4.69, 9.17) is 4.74 Å². The Balaban J connectivity index is 0.00000242. The van der Waals surface area contributed by atoms with Crippen LogP contribution in [-0.4, -0.2) is 37.2 Å². The molecule has 2 N–H and O–H groups in total. The molecule has 0 aliphatic carbocycles. The van der Waals surface area contributed by atoms with Crippen molar-refractivity contribution in [2.75, 3.05) is 25.0 Å². The number of ether oxygens (including phenoxy) is 1. The van der Waals surface area contributed by atoms with E-state index in [2.05, 4.69) is 10.6 Å². The summed E-state index contributed by atoms with van der Waals surface area (Å²) in [6.45, 7) is 1.83. The average Bonchev–Trinajstić information content (AvgIpc) is 2.40. The maximum Gasteiger partial charge on any atom is 0.446 e. The molecule has 22 heavy (non-hydrogen) atoms. The molecule has 124 valence electrons. The zero-order valence-corrected chi connectivity index (χ0v) is 13.1. The second-order valence-corrected chi connectivity index (χ2v) is 5.60. The van der Waals surface area contributed by atoms with Crippen molar-refractivity contribution in [3.8, 4) is 0 Å². The second-order valence-electron chi connectivity index (χ2n) is 4.49. The highest BCUT2D eigenvalue weighted by Gasteiger charge is 2.30. The molecule has 9 heteroatoms. The number of hydrogen-bond acceptors (Lipinski definition) is 4. The van der Waals surface area contributed by atoms with Gasteiger partial charge in [0.25, 0.3) is 0 Å². The number of alkyl halides is 3. The van der Waals surface area contributed by atoms with Gasteiger partial charge in [-0.25, -0.2) is 0 Å². The van der Waals surface area contributed by atoms with Crippen LogP contribution in [0.15, 0.2) is 29.2 Å². The van der Waals surface area contributed by atoms with Crippen molar-refractivity contribution < 1.29 is 22.7 Å². The normalized spacial score (nSPS) is 18.4. The average molecular weight is 357 g/mol. The number of morpholine rings is 1. The molecule has 1 aliphatic rings. The van der Waals surface area contributed by atoms with Crippen LogP contribution in [0.4, 0.5) is 18.9 Å². The highest BCUT2D eigenvalue weighted by molar-refractivity contribution is 8.00. The molecule has 0 bridgehead atoms. The number of para-hydroxylation sites is 1. The predicted molar refractivity (Wildman–Crippen MR) is 81.5 cm³/mol. The Labute approximate surface area is 136 Å². The van der Waals surface area contributed by atoms with E-state index in [1.54, 1.807) is 6.07 Å². The van der Waals surface area contributed by atoms with E-state index < -0.39 is 5.51 Å². The zero-order chi connectivity index (χ0) is 15.3. The predicted octanol–water partition coefficient (Wildman–Crippen LogP) is 3.04. The Morgan fingerprint density at radius 2 is 2.14 bits per heavy atom. The first kappa shape index (κ1) is 19.1. The van der Waals surface area contributed by atoms with Crippen molar-refractivity contribution in [2.24, 2.45) is 0 Å². The van der Waals surface area contributed by atoms with E-state index in [1.165, 1.54) is 18.2 Å². The standard InChI is InChI=1S/C13H15F3N2O2S.ClH/c14-13(15,16)21-11-4-2-1-3-10(11)18-12(19)7-9-8-17-5-6-20-9;/h1-4,9,17H,5-8H2,(H,18,19);1H. The Kier molecular flexibility index (Phi) is 7.47. The van der Waals surface area contributed by atoms with Crippen molar-refractivity contribution in [1.82, 2.24) is 5.32 Å². The third-order valence-corrected chi connectivity index (χ3v) is 3.61. The lowest BCUT2D eigenvalue weighted by Gasteiger charge is -2.23. The first-order valence-electron chi connectivity index (χ1n) is 6.41. The van der Waals surface area contributed by atoms with E-state index in [9.17, 15) is 18.0 Å². The molecular weight excluding hydrogens is 341 g/mol. The molecule has 1 fully saturated rings. The lowest BCUT2D eigenvalue weighted by atomic mass is 10.2. The van der Waals surface area contributed by atoms with Gasteiger partial charge in [-0.05, 0) is 23.9 Å². The van der Waals surface area contributed by atoms with Gasteiger partial charge in [0.1, 0.15) is 0 Å². The summed E-state index contributed by atoms with van der Waals surface area (Å²) in [5, 5.41) is 5.60. The van der Waals surface area contributed by atoms with E-state index in [0.717, 1.165) is 6.54 Å². The molecule has 1 aliphatic heterocycles. The van der Waals surface area contributed by atoms with Gasteiger partial charge in [0.2, 0.25) is 5.91 Å². The molecule has 0 radical (unpaired) electrons. The van der Waals surface area contributed by atoms with E-state index in [1.807, 2.05) is 0 Å². The summed E-state index contributed by atoms with van der Waals surface area (Å²) in [6, 6.07) is 5.85. The van der Waals surface area contributed by atoms with Gasteiger partial charge < -0.3 is 15.4 Å². The molecule has 2 rings (SSSR count). The Morgan fingerprint density at radius 3 is 2.77 bits per heavy atom. The fourth-order valence-electron chi connectivity index (χ4n) is 1.94. The van der Waals surface area contributed by atoms with Crippen molar-refractivity contribution in [2.45, 2.75) is 22.9 Å². The molecule has 1 unspecified atom stereocenters. The van der Waals surface area contributed by atoms with Gasteiger partial charge in [0, 0.05) is 18.0 Å². The maximum atomic E-state index is 12.5. The monoisotopic (exact) mass is 356 g/mol. The number of amides is 1. The summed E-state index contributed by atoms with van der Waals surface area (Å²) in [7, 11) is 0. The van der Waals surface area contributed by atoms with Crippen LogP contribution in [0.2, 0.25) is 0 Å². The van der Waals surface area contributed by atoms with Gasteiger partial charge >= 0.3 is 5.51 Å². The first-order valence-corrected chi connectivity index (χ1v) is 7.22. The van der Waals surface area contributed by atoms with Crippen LogP contribution >= 0.6 is 24.2 Å². The topological polar surface area (TPSA) is 50.4 Å². The largest absolute Gasteiger partial charge is 0.446 e. The highest BCUT2D eigenvalue weighted by atomic mass is 35.5. The molecule has 1 saturated heterocycles. The number of thioether (sulfide) groups is 1. The SMILES string of the molecule is Cl.O=C(CC1CNCCO1)Nc1ccccc1SC(F)(F)F. The van der Waals surface area contributed by atoms with E-state index in [-0.39, 0.29) is 53.2 Å². The van der Waals surface area contributed by atoms with Gasteiger partial charge in [0.15, 0.2) is 0 Å². The zero-order valence-electron chi connectivity index (χ0n) is 11.5. The molecule has 1 aromatic rings. The summed E-state index contributed by atoms with van der Waals surface area (Å²) in [5.74, 6) is -0.362. The quantitative estimate of drug-likeness (QED) is 0.814. The third kappa shape index (κ3) is 6.43. The molecule has 0 spiro atoms. The summed E-state index contributed by atoms with van der Waals surface area (Å²) in [4.78, 5) is 11.9. The number of carbonyl (C=O) groups is 1. The number of benzene rings is 1. The van der Waals surface area contributed by atoms with Crippen molar-refractivity contribution in [1.29, 1.82) is 0 Å². The molecule has 1 heterocycles. The van der Waals surface area contributed by atoms with Gasteiger partial charge in [-0.2, -0.15) is 13.2 Å². The molecule has 4 nitrogen and oxygen atoms in total. The number of nitrogens with one attached hydrogen (secondary N) is 2. The van der Waals surface area contributed by atoms with Crippen molar-refractivity contribution in [3.05, 3.63) is 24.3 Å². The molecule has 1 atom stereocenters. The Bertz CT molecular complexity index is 496. The molecule has 0 saturated carbocycles. The Hall–Kier alpha value is -0.960. The highest BCUT2D eigenvalue weighted by Crippen LogP contribution is 2.40. The van der Waals surface area contributed by atoms with Crippen LogP contribution < -0.4 is 10.6 Å². The van der Waals surface area contributed by atoms with Crippen LogP contribution in [0.1, 0.15) is 6.42 Å². The molecular formula is C13H16ClF3N2O2S. The number of halogens is 4. The van der Waals surface area contributed by atoms with Crippen molar-refractivity contribution >= 4 is 35.8 Å². The maximum absolute atomic E-state index is 12.5. The fourth-order valence-corrected chi connectivity index (χ4v) is 2.57. The smallest absolute Gasteiger partial charge is 0.375 e. The lowest BCUT2D eigenvalue weighted by Crippen LogP contribution is -2.40. The number of hydrogen-bond donors (Lipinski definition) is 2. The number of anilines is 1. The van der Waals surface area contributed by atoms with E-state index in [0.29, 0.717) is 13.2 Å². The fraction of sp³-hybridized carbons (Fsp3) is 0.462. The van der Waals surface area contributed by atoms with Gasteiger partial charge in [-0.3, -0.25) is 4.79 Å². The minimum Gasteiger partial charge on any atom is -0.375 e. The number of rotatable bonds is 4. The summed E-state index contributed by atoms with van der Waals surface area (Å²) in [5.41, 5.74) is -4.23. The Morgan fingerprint density at radius 1 is 1.41 bits per heavy atom. The lowest BCUT2D eigenvalue weighted by molar-refractivity contribution is -0.119. The molecule has 1 amide bonds. The summed E-state index contributed by atoms with van der Waals surface area (Å²) in [6.07, 6.45) is -0.140. The van der Waals surface area contributed by atoms with Crippen LogP contribution in [0.5, 0.6) is 0 Å². The summed E-state index contributed by atoms with van der Waals surface area (Å²) >= 11 is -0.243. The number of carbonyl (C=O) groups excluding carboxylic acids is 1. The molecule has 1 aromatic carbocycles. The summed E-state index contributed by atoms with van der Waals surface area (Å²) < 4.78 is 42.7. The van der Waals surface area contributed by atoms with Gasteiger partial charge in [-0.1, -0.05) is 12.1 Å². The van der Waals surface area contributed by atoms with Crippen LogP contribution in [0.25, 0.3) is 0 Å². The second kappa shape index (κ2) is 8.61. The third-order valence-electron chi connectivity index (χ3n) is 2.80. The van der Waals surface area contributed by atoms with E-state index >= 15 is 0 Å². The van der Waals surface area contributed by atoms with Crippen LogP contribution in [0.3, 0.4) is 0 Å². The van der Waals surface area contributed by atoms with Crippen LogP contribution in [0, 0.1) is 0 Å². The minimum atomic E-state index is -4.39.